The molecule has 26 heavy (non-hydrogen) atoms. The smallest absolute Gasteiger partial charge is 0.146 e. The van der Waals surface area contributed by atoms with Crippen molar-refractivity contribution in [3.05, 3.63) is 54.7 Å². The normalized spacial score (nSPS) is 20.7. The van der Waals surface area contributed by atoms with Crippen molar-refractivity contribution in [3.8, 4) is 5.69 Å². The van der Waals surface area contributed by atoms with E-state index in [4.69, 9.17) is 10.5 Å². The Kier molecular flexibility index (Phi) is 4.68. The van der Waals surface area contributed by atoms with Crippen LogP contribution in [0.3, 0.4) is 0 Å². The Morgan fingerprint density at radius 3 is 2.81 bits per heavy atom. The molecule has 2 aromatic heterocycles. The summed E-state index contributed by atoms with van der Waals surface area (Å²) in [6, 6.07) is 12.2. The molecule has 1 aliphatic rings. The van der Waals surface area contributed by atoms with Gasteiger partial charge in [-0.25, -0.2) is 9.67 Å². The Hall–Kier alpha value is -2.71. The third kappa shape index (κ3) is 3.47. The quantitative estimate of drug-likeness (QED) is 0.719. The minimum atomic E-state index is 0.209. The van der Waals surface area contributed by atoms with Gasteiger partial charge in [-0.15, -0.1) is 0 Å². The summed E-state index contributed by atoms with van der Waals surface area (Å²) in [5.41, 5.74) is 6.76. The fraction of sp³-hybridized carbons (Fsp3) is 0.389. The first-order chi connectivity index (χ1) is 12.7. The Balaban J connectivity index is 1.53. The van der Waals surface area contributed by atoms with E-state index in [0.717, 1.165) is 31.0 Å². The molecule has 8 heteroatoms. The van der Waals surface area contributed by atoms with Gasteiger partial charge in [0.05, 0.1) is 24.9 Å². The Morgan fingerprint density at radius 1 is 1.23 bits per heavy atom. The number of benzene rings is 1. The fourth-order valence-electron chi connectivity index (χ4n) is 3.53. The number of nitrogens with zero attached hydrogens (tertiary/aromatic N) is 6. The maximum atomic E-state index is 5.74. The molecule has 1 fully saturated rings. The summed E-state index contributed by atoms with van der Waals surface area (Å²) in [6.45, 7) is 2.34. The van der Waals surface area contributed by atoms with Gasteiger partial charge in [-0.2, -0.15) is 10.2 Å². The molecule has 1 saturated heterocycles. The van der Waals surface area contributed by atoms with Crippen LogP contribution in [0.15, 0.2) is 48.9 Å². The number of methoxy groups -OCH3 is 1. The van der Waals surface area contributed by atoms with Gasteiger partial charge in [-0.05, 0) is 24.6 Å². The largest absolute Gasteiger partial charge is 0.382 e. The second kappa shape index (κ2) is 7.27. The number of likely N-dealkylation sites (tertiary alicyclic amines) is 1. The predicted molar refractivity (Wildman–Crippen MR) is 97.6 cm³/mol. The summed E-state index contributed by atoms with van der Waals surface area (Å²) >= 11 is 0. The molecule has 0 spiro atoms. The van der Waals surface area contributed by atoms with E-state index in [9.17, 15) is 0 Å². The van der Waals surface area contributed by atoms with Gasteiger partial charge in [0.15, 0.2) is 0 Å². The molecule has 8 nitrogen and oxygen atoms in total. The summed E-state index contributed by atoms with van der Waals surface area (Å²) in [5, 5.41) is 8.71. The summed E-state index contributed by atoms with van der Waals surface area (Å²) in [5.74, 6) is 1.46. The number of aromatic nitrogens is 5. The Labute approximate surface area is 152 Å². The lowest BCUT2D eigenvalue weighted by atomic mass is 10.2. The predicted octanol–water partition coefficient (Wildman–Crippen LogP) is 1.34. The van der Waals surface area contributed by atoms with Crippen molar-refractivity contribution in [2.24, 2.45) is 0 Å². The van der Waals surface area contributed by atoms with Crippen molar-refractivity contribution < 1.29 is 4.74 Å². The monoisotopic (exact) mass is 353 g/mol. The van der Waals surface area contributed by atoms with E-state index in [1.807, 2.05) is 52.0 Å². The molecule has 0 saturated carbocycles. The van der Waals surface area contributed by atoms with Crippen molar-refractivity contribution in [1.29, 1.82) is 0 Å². The van der Waals surface area contributed by atoms with Crippen LogP contribution in [0.5, 0.6) is 0 Å². The standard InChI is InChI=1S/C18H23N7O/c1-26-16-9-15(10-24-8-7-17(19)22-24)23(11-16)12-18-20-13-21-25(18)14-5-3-2-4-6-14/h2-8,13,15-16H,9-12H2,1H3,(H2,19,22)/t15-,16-/m0/s1. The fourth-order valence-corrected chi connectivity index (χ4v) is 3.53. The molecule has 1 aliphatic heterocycles. The molecule has 0 amide bonds. The topological polar surface area (TPSA) is 87.0 Å². The van der Waals surface area contributed by atoms with Gasteiger partial charge in [0.1, 0.15) is 18.0 Å². The van der Waals surface area contributed by atoms with Crippen LogP contribution in [0, 0.1) is 0 Å². The molecular formula is C18H23N7O. The second-order valence-electron chi connectivity index (χ2n) is 6.56. The van der Waals surface area contributed by atoms with Crippen LogP contribution in [-0.2, 0) is 17.8 Å². The van der Waals surface area contributed by atoms with E-state index in [1.165, 1.54) is 0 Å². The van der Waals surface area contributed by atoms with Crippen LogP contribution >= 0.6 is 0 Å². The molecule has 0 radical (unpaired) electrons. The number of para-hydroxylation sites is 1. The lowest BCUT2D eigenvalue weighted by molar-refractivity contribution is 0.106. The Morgan fingerprint density at radius 2 is 2.08 bits per heavy atom. The zero-order chi connectivity index (χ0) is 17.9. The highest BCUT2D eigenvalue weighted by Crippen LogP contribution is 2.24. The summed E-state index contributed by atoms with van der Waals surface area (Å²) in [7, 11) is 1.77. The third-order valence-corrected chi connectivity index (χ3v) is 4.85. The first kappa shape index (κ1) is 16.7. The highest BCUT2D eigenvalue weighted by Gasteiger charge is 2.33. The van der Waals surface area contributed by atoms with Crippen LogP contribution in [0.25, 0.3) is 5.69 Å². The van der Waals surface area contributed by atoms with Crippen molar-refractivity contribution >= 4 is 5.82 Å². The number of ether oxygens (including phenoxy) is 1. The molecule has 1 aromatic carbocycles. The van der Waals surface area contributed by atoms with Gasteiger partial charge in [0.2, 0.25) is 0 Å². The lowest BCUT2D eigenvalue weighted by Gasteiger charge is -2.23. The van der Waals surface area contributed by atoms with E-state index >= 15 is 0 Å². The minimum Gasteiger partial charge on any atom is -0.382 e. The van der Waals surface area contributed by atoms with Crippen LogP contribution in [0.2, 0.25) is 0 Å². The van der Waals surface area contributed by atoms with Gasteiger partial charge in [0.25, 0.3) is 0 Å². The van der Waals surface area contributed by atoms with Gasteiger partial charge < -0.3 is 10.5 Å². The van der Waals surface area contributed by atoms with E-state index in [-0.39, 0.29) is 6.10 Å². The average Bonchev–Trinajstić information content (AvgIpc) is 3.37. The minimum absolute atomic E-state index is 0.209. The molecule has 3 heterocycles. The third-order valence-electron chi connectivity index (χ3n) is 4.85. The molecule has 0 aliphatic carbocycles. The number of anilines is 1. The first-order valence-corrected chi connectivity index (χ1v) is 8.73. The van der Waals surface area contributed by atoms with E-state index in [2.05, 4.69) is 20.1 Å². The van der Waals surface area contributed by atoms with Crippen molar-refractivity contribution in [3.63, 3.8) is 0 Å². The van der Waals surface area contributed by atoms with Gasteiger partial charge >= 0.3 is 0 Å². The van der Waals surface area contributed by atoms with E-state index in [1.54, 1.807) is 13.4 Å². The van der Waals surface area contributed by atoms with E-state index < -0.39 is 0 Å². The summed E-state index contributed by atoms with van der Waals surface area (Å²) < 4.78 is 9.40. The second-order valence-corrected chi connectivity index (χ2v) is 6.56. The molecule has 2 N–H and O–H groups in total. The van der Waals surface area contributed by atoms with Gasteiger partial charge in [-0.3, -0.25) is 9.58 Å². The number of rotatable bonds is 6. The molecule has 4 rings (SSSR count). The number of nitrogen functional groups attached to an aromatic ring is 1. The van der Waals surface area contributed by atoms with Gasteiger partial charge in [0, 0.05) is 25.9 Å². The van der Waals surface area contributed by atoms with Crippen LogP contribution in [0.1, 0.15) is 12.2 Å². The zero-order valence-electron chi connectivity index (χ0n) is 14.8. The van der Waals surface area contributed by atoms with Crippen LogP contribution in [0.4, 0.5) is 5.82 Å². The van der Waals surface area contributed by atoms with Crippen molar-refractivity contribution in [2.75, 3.05) is 19.4 Å². The highest BCUT2D eigenvalue weighted by molar-refractivity contribution is 5.30. The highest BCUT2D eigenvalue weighted by atomic mass is 16.5. The molecule has 136 valence electrons. The van der Waals surface area contributed by atoms with Crippen LogP contribution < -0.4 is 5.73 Å². The van der Waals surface area contributed by atoms with Crippen molar-refractivity contribution in [1.82, 2.24) is 29.4 Å². The number of hydrogen-bond acceptors (Lipinski definition) is 6. The lowest BCUT2D eigenvalue weighted by Crippen LogP contribution is -2.34. The van der Waals surface area contributed by atoms with Gasteiger partial charge in [-0.1, -0.05) is 18.2 Å². The van der Waals surface area contributed by atoms with Crippen molar-refractivity contribution in [2.45, 2.75) is 31.7 Å². The maximum absolute atomic E-state index is 5.74. The van der Waals surface area contributed by atoms with Crippen LogP contribution in [-0.4, -0.2) is 55.2 Å². The number of nitrogens with two attached hydrogens (primary N) is 1. The first-order valence-electron chi connectivity index (χ1n) is 8.73. The molecule has 3 aromatic rings. The number of hydrogen-bond donors (Lipinski definition) is 1. The maximum Gasteiger partial charge on any atom is 0.146 e. The summed E-state index contributed by atoms with van der Waals surface area (Å²) in [4.78, 5) is 6.86. The Bertz CT molecular complexity index is 844. The van der Waals surface area contributed by atoms with E-state index in [0.29, 0.717) is 18.4 Å². The molecule has 2 atom stereocenters. The summed E-state index contributed by atoms with van der Waals surface area (Å²) in [6.07, 6.45) is 4.69. The zero-order valence-corrected chi connectivity index (χ0v) is 14.8. The SMILES string of the molecule is CO[C@H]1C[C@@H](Cn2ccc(N)n2)N(Cc2ncnn2-c2ccccc2)C1. The molecular weight excluding hydrogens is 330 g/mol. The molecule has 0 unspecified atom stereocenters. The molecule has 0 bridgehead atoms. The average molecular weight is 353 g/mol.